The lowest BCUT2D eigenvalue weighted by molar-refractivity contribution is 0.420. The molecule has 69 heavy (non-hydrogen) atoms. The van der Waals surface area contributed by atoms with Crippen LogP contribution < -0.4 is 0 Å². The third-order valence-corrected chi connectivity index (χ3v) is 14.7. The van der Waals surface area contributed by atoms with Gasteiger partial charge in [0.1, 0.15) is 11.7 Å². The maximum Gasteiger partial charge on any atom is 0.163 e. The Balaban J connectivity index is 1.17. The Kier molecular flexibility index (Phi) is 12.0. The Morgan fingerprint density at radius 3 is 1.87 bits per heavy atom. The van der Waals surface area contributed by atoms with E-state index in [4.69, 9.17) is 16.6 Å². The minimum absolute atomic E-state index is 0.447. The number of aliphatic imine (C=N–C) groups is 2. The zero-order valence-electron chi connectivity index (χ0n) is 40.5. The van der Waals surface area contributed by atoms with Crippen molar-refractivity contribution in [3.8, 4) is 33.4 Å². The van der Waals surface area contributed by atoms with Crippen molar-refractivity contribution < 1.29 is 0 Å². The van der Waals surface area contributed by atoms with E-state index in [2.05, 4.69) is 213 Å². The number of rotatable bonds is 12. The number of para-hydroxylation sites is 3. The van der Waals surface area contributed by atoms with Crippen LogP contribution in [0.5, 0.6) is 0 Å². The number of aromatic nitrogens is 2. The van der Waals surface area contributed by atoms with Crippen LogP contribution >= 0.6 is 0 Å². The predicted octanol–water partition coefficient (Wildman–Crippen LogP) is 17.8. The SMILES string of the molecule is C=C(/N=C(\N=C(CCC)n1c2ccccc2c2ccc(-c3ccccc3CCCC)c(C)c21)c1ccc(-c2c(C)cccc2-c2ccccc2)c(C2CCC2)c1)n1c2ccccc2c2ccccc21. The summed E-state index contributed by atoms with van der Waals surface area (Å²) in [7, 11) is 0. The van der Waals surface area contributed by atoms with Crippen LogP contribution in [0.4, 0.5) is 0 Å². The highest BCUT2D eigenvalue weighted by Gasteiger charge is 2.27. The van der Waals surface area contributed by atoms with E-state index in [1.54, 1.807) is 0 Å². The quantitative estimate of drug-likeness (QED) is 0.0865. The zero-order chi connectivity index (χ0) is 47.0. The van der Waals surface area contributed by atoms with E-state index < -0.39 is 0 Å². The van der Waals surface area contributed by atoms with E-state index in [1.165, 1.54) is 102 Å². The van der Waals surface area contributed by atoms with Crippen LogP contribution in [0.2, 0.25) is 0 Å². The van der Waals surface area contributed by atoms with Gasteiger partial charge in [0.15, 0.2) is 5.84 Å². The van der Waals surface area contributed by atoms with Gasteiger partial charge in [-0.05, 0) is 132 Å². The molecule has 0 N–H and O–H groups in total. The second-order valence-corrected chi connectivity index (χ2v) is 19.0. The summed E-state index contributed by atoms with van der Waals surface area (Å²) in [5.74, 6) is 2.71. The lowest BCUT2D eigenvalue weighted by atomic mass is 9.75. The molecule has 0 spiro atoms. The molecule has 0 saturated heterocycles. The lowest BCUT2D eigenvalue weighted by Gasteiger charge is -2.29. The van der Waals surface area contributed by atoms with Crippen LogP contribution in [0.25, 0.3) is 82.8 Å². The molecule has 0 unspecified atom stereocenters. The first kappa shape index (κ1) is 44.0. The molecule has 2 heterocycles. The van der Waals surface area contributed by atoms with E-state index in [0.29, 0.717) is 17.6 Å². The smallest absolute Gasteiger partial charge is 0.163 e. The maximum absolute atomic E-state index is 5.88. The number of amidine groups is 1. The Hall–Kier alpha value is -7.56. The average Bonchev–Trinajstić information content (AvgIpc) is 3.89. The summed E-state index contributed by atoms with van der Waals surface area (Å²) in [5, 5.41) is 4.82. The van der Waals surface area contributed by atoms with Crippen LogP contribution in [-0.4, -0.2) is 20.8 Å². The van der Waals surface area contributed by atoms with Gasteiger partial charge in [-0.2, -0.15) is 0 Å². The van der Waals surface area contributed by atoms with Gasteiger partial charge in [-0.15, -0.1) is 0 Å². The molecule has 0 amide bonds. The first-order valence-electron chi connectivity index (χ1n) is 25.2. The van der Waals surface area contributed by atoms with Gasteiger partial charge in [0.2, 0.25) is 0 Å². The van der Waals surface area contributed by atoms with E-state index in [9.17, 15) is 0 Å². The summed E-state index contributed by atoms with van der Waals surface area (Å²) in [4.78, 5) is 11.5. The van der Waals surface area contributed by atoms with Crippen molar-refractivity contribution in [2.24, 2.45) is 9.98 Å². The lowest BCUT2D eigenvalue weighted by Crippen LogP contribution is -2.16. The molecule has 0 aliphatic heterocycles. The largest absolute Gasteiger partial charge is 0.297 e. The molecule has 1 saturated carbocycles. The van der Waals surface area contributed by atoms with Crippen molar-refractivity contribution >= 4 is 61.1 Å². The van der Waals surface area contributed by atoms with E-state index >= 15 is 0 Å². The molecule has 4 heteroatoms. The molecule has 1 aliphatic carbocycles. The van der Waals surface area contributed by atoms with E-state index in [1.807, 2.05) is 0 Å². The number of fused-ring (bicyclic) bond motifs is 6. The number of benzene rings is 8. The Morgan fingerprint density at radius 2 is 1.19 bits per heavy atom. The molecule has 0 bridgehead atoms. The van der Waals surface area contributed by atoms with E-state index in [0.717, 1.165) is 60.1 Å². The molecule has 4 nitrogen and oxygen atoms in total. The van der Waals surface area contributed by atoms with Gasteiger partial charge < -0.3 is 0 Å². The third-order valence-electron chi connectivity index (χ3n) is 14.7. The van der Waals surface area contributed by atoms with Crippen LogP contribution in [0.1, 0.15) is 92.5 Å². The van der Waals surface area contributed by atoms with Crippen molar-refractivity contribution in [2.45, 2.75) is 85.0 Å². The molecule has 1 fully saturated rings. The molecule has 0 atom stereocenters. The highest BCUT2D eigenvalue weighted by Crippen LogP contribution is 2.46. The fourth-order valence-corrected chi connectivity index (χ4v) is 11.1. The molecule has 10 aromatic rings. The Bertz CT molecular complexity index is 3580. The van der Waals surface area contributed by atoms with Crippen molar-refractivity contribution in [2.75, 3.05) is 0 Å². The summed E-state index contributed by atoms with van der Waals surface area (Å²) in [5.41, 5.74) is 18.5. The van der Waals surface area contributed by atoms with Crippen LogP contribution in [0.3, 0.4) is 0 Å². The second kappa shape index (κ2) is 18.8. The molecular formula is C65H60N4. The minimum atomic E-state index is 0.447. The number of aryl methyl sites for hydroxylation is 3. The van der Waals surface area contributed by atoms with Gasteiger partial charge in [-0.25, -0.2) is 9.98 Å². The molecule has 1 aliphatic rings. The number of unbranched alkanes of at least 4 members (excludes halogenated alkanes) is 1. The molecule has 2 aromatic heterocycles. The summed E-state index contributed by atoms with van der Waals surface area (Å²) in [6.45, 7) is 13.9. The number of nitrogens with zero attached hydrogens (tertiary/aromatic N) is 4. The van der Waals surface area contributed by atoms with Crippen molar-refractivity contribution in [1.29, 1.82) is 0 Å². The molecule has 8 aromatic carbocycles. The van der Waals surface area contributed by atoms with Crippen molar-refractivity contribution in [3.63, 3.8) is 0 Å². The topological polar surface area (TPSA) is 34.6 Å². The van der Waals surface area contributed by atoms with Gasteiger partial charge in [-0.1, -0.05) is 185 Å². The first-order chi connectivity index (χ1) is 33.9. The predicted molar refractivity (Wildman–Crippen MR) is 296 cm³/mol. The molecule has 340 valence electrons. The van der Waals surface area contributed by atoms with E-state index in [-0.39, 0.29) is 0 Å². The zero-order valence-corrected chi connectivity index (χ0v) is 40.5. The molecule has 11 rings (SSSR count). The Morgan fingerprint density at radius 1 is 0.565 bits per heavy atom. The van der Waals surface area contributed by atoms with Crippen LogP contribution in [0, 0.1) is 13.8 Å². The summed E-state index contributed by atoms with van der Waals surface area (Å²) in [6, 6.07) is 64.3. The van der Waals surface area contributed by atoms with Gasteiger partial charge in [0, 0.05) is 33.5 Å². The fraction of sp³-hybridized carbons (Fsp3) is 0.200. The molecular weight excluding hydrogens is 837 g/mol. The molecule has 0 radical (unpaired) electrons. The second-order valence-electron chi connectivity index (χ2n) is 19.0. The monoisotopic (exact) mass is 896 g/mol. The van der Waals surface area contributed by atoms with Gasteiger partial charge >= 0.3 is 0 Å². The Labute approximate surface area is 407 Å². The standard InChI is InChI=1S/C65H60N4/c1-6-8-24-46-27-12-13-30-51(46)50-40-41-57-55-33-16-19-37-61(55)69(64(57)44(50)4)62(22-7-2)67-65(66-45(5)68-59-35-17-14-31-53(59)54-32-15-18-36-60(54)68)49-38-39-56(58(42-49)48-28-21-29-48)63-43(3)23-20-34-52(63)47-25-10-9-11-26-47/h9-20,23,25-27,30-42,48H,5-8,21-22,24,28-29H2,1-4H3/b66-65-,67-62?. The highest BCUT2D eigenvalue weighted by molar-refractivity contribution is 6.19. The van der Waals surface area contributed by atoms with Crippen LogP contribution in [0.15, 0.2) is 192 Å². The average molecular weight is 897 g/mol. The summed E-state index contributed by atoms with van der Waals surface area (Å²) >= 11 is 0. The van der Waals surface area contributed by atoms with Crippen LogP contribution in [-0.2, 0) is 6.42 Å². The highest BCUT2D eigenvalue weighted by atomic mass is 15.2. The van der Waals surface area contributed by atoms with Gasteiger partial charge in [0.05, 0.1) is 22.1 Å². The normalized spacial score (nSPS) is 13.5. The minimum Gasteiger partial charge on any atom is -0.297 e. The summed E-state index contributed by atoms with van der Waals surface area (Å²) in [6.07, 6.45) is 8.61. The van der Waals surface area contributed by atoms with Crippen molar-refractivity contribution in [3.05, 3.63) is 210 Å². The fourth-order valence-electron chi connectivity index (χ4n) is 11.1. The first-order valence-corrected chi connectivity index (χ1v) is 25.2. The number of hydrogen-bond acceptors (Lipinski definition) is 1. The van der Waals surface area contributed by atoms with Gasteiger partial charge in [-0.3, -0.25) is 9.13 Å². The third kappa shape index (κ3) is 7.92. The van der Waals surface area contributed by atoms with Gasteiger partial charge in [0.25, 0.3) is 0 Å². The summed E-state index contributed by atoms with van der Waals surface area (Å²) < 4.78 is 4.67. The van der Waals surface area contributed by atoms with Crippen molar-refractivity contribution in [1.82, 2.24) is 9.13 Å². The number of hydrogen-bond donors (Lipinski definition) is 0. The maximum atomic E-state index is 5.88.